The third kappa shape index (κ3) is 11.9. The maximum absolute atomic E-state index is 12.2. The zero-order valence-electron chi connectivity index (χ0n) is 32.8. The van der Waals surface area contributed by atoms with E-state index < -0.39 is 0 Å². The highest BCUT2D eigenvalue weighted by molar-refractivity contribution is 5.87. The molecule has 3 rings (SSSR count). The molecule has 6 atom stereocenters. The Hall–Kier alpha value is -2.00. The van der Waals surface area contributed by atoms with Crippen LogP contribution in [0.3, 0.4) is 0 Å². The Kier molecular flexibility index (Phi) is 13.7. The quantitative estimate of drug-likeness (QED) is 0.222. The van der Waals surface area contributed by atoms with Gasteiger partial charge in [0.1, 0.15) is 0 Å². The molecule has 0 saturated carbocycles. The van der Waals surface area contributed by atoms with Crippen molar-refractivity contribution in [2.24, 2.45) is 61.3 Å². The maximum Gasteiger partial charge on any atom is 0.244 e. The SMILES string of the molecule is CC(C)(C)C1C=NNC(=O)C1C(C)(C)C.CC(C)(C)C1NCCNC(=O)C1C(C)(C)C.CC(C)(C)C1NCNC(=O)C1C(C)(C)C. The first-order chi connectivity index (χ1) is 20.4. The number of carbonyl (C=O) groups is 3. The van der Waals surface area contributed by atoms with Crippen LogP contribution in [-0.4, -0.2) is 55.8 Å². The minimum absolute atomic E-state index is 0.00451. The molecule has 9 nitrogen and oxygen atoms in total. The van der Waals surface area contributed by atoms with E-state index >= 15 is 0 Å². The van der Waals surface area contributed by atoms with E-state index in [0.717, 1.165) is 13.1 Å². The molecule has 5 N–H and O–H groups in total. The lowest BCUT2D eigenvalue weighted by Crippen LogP contribution is -2.62. The van der Waals surface area contributed by atoms with Crippen molar-refractivity contribution in [1.29, 1.82) is 0 Å². The van der Waals surface area contributed by atoms with Gasteiger partial charge in [0.05, 0.1) is 24.4 Å². The number of carbonyl (C=O) groups excluding carboxylic acids is 3. The Bertz CT molecular complexity index is 1060. The number of amides is 3. The zero-order valence-corrected chi connectivity index (χ0v) is 32.8. The summed E-state index contributed by atoms with van der Waals surface area (Å²) in [5.74, 6) is 0.672. The number of hydrogen-bond acceptors (Lipinski definition) is 6. The average molecular weight is 649 g/mol. The molecule has 3 aliphatic heterocycles. The van der Waals surface area contributed by atoms with Gasteiger partial charge in [0.2, 0.25) is 17.7 Å². The number of nitrogens with one attached hydrogen (secondary N) is 5. The van der Waals surface area contributed by atoms with E-state index in [2.05, 4.69) is 156 Å². The average Bonchev–Trinajstić information content (AvgIpc) is 3.03. The van der Waals surface area contributed by atoms with E-state index in [0.29, 0.717) is 6.67 Å². The highest BCUT2D eigenvalue weighted by atomic mass is 16.2. The monoisotopic (exact) mass is 649 g/mol. The van der Waals surface area contributed by atoms with Crippen molar-refractivity contribution < 1.29 is 14.4 Å². The molecule has 46 heavy (non-hydrogen) atoms. The van der Waals surface area contributed by atoms with Crippen LogP contribution in [0.15, 0.2) is 5.10 Å². The largest absolute Gasteiger partial charge is 0.355 e. The van der Waals surface area contributed by atoms with Gasteiger partial charge in [-0.1, -0.05) is 125 Å². The van der Waals surface area contributed by atoms with Gasteiger partial charge in [-0.2, -0.15) is 5.10 Å². The van der Waals surface area contributed by atoms with Gasteiger partial charge in [-0.05, 0) is 32.5 Å². The molecule has 0 aliphatic carbocycles. The van der Waals surface area contributed by atoms with Gasteiger partial charge in [0.25, 0.3) is 0 Å². The summed E-state index contributed by atoms with van der Waals surface area (Å²) in [7, 11) is 0. The molecule has 3 aliphatic rings. The minimum Gasteiger partial charge on any atom is -0.355 e. The van der Waals surface area contributed by atoms with Crippen LogP contribution >= 0.6 is 0 Å². The third-order valence-electron chi connectivity index (χ3n) is 9.32. The van der Waals surface area contributed by atoms with E-state index in [1.807, 2.05) is 6.21 Å². The molecule has 0 aromatic rings. The zero-order chi connectivity index (χ0) is 36.3. The summed E-state index contributed by atoms with van der Waals surface area (Å²) in [4.78, 5) is 36.0. The van der Waals surface area contributed by atoms with Crippen molar-refractivity contribution in [3.05, 3.63) is 0 Å². The van der Waals surface area contributed by atoms with Gasteiger partial charge in [0, 0.05) is 37.3 Å². The Balaban J connectivity index is 0.000000345. The summed E-state index contributed by atoms with van der Waals surface area (Å²) >= 11 is 0. The molecule has 0 aromatic heterocycles. The van der Waals surface area contributed by atoms with Crippen LogP contribution in [-0.2, 0) is 14.4 Å². The lowest BCUT2D eigenvalue weighted by Gasteiger charge is -2.45. The van der Waals surface area contributed by atoms with E-state index in [1.165, 1.54) is 0 Å². The molecule has 2 fully saturated rings. The lowest BCUT2D eigenvalue weighted by molar-refractivity contribution is -0.134. The Morgan fingerprint density at radius 1 is 0.500 bits per heavy atom. The smallest absolute Gasteiger partial charge is 0.244 e. The molecular weight excluding hydrogens is 576 g/mol. The van der Waals surface area contributed by atoms with E-state index in [9.17, 15) is 14.4 Å². The van der Waals surface area contributed by atoms with Gasteiger partial charge < -0.3 is 16.0 Å². The van der Waals surface area contributed by atoms with Gasteiger partial charge >= 0.3 is 0 Å². The van der Waals surface area contributed by atoms with Crippen LogP contribution in [0.25, 0.3) is 0 Å². The molecule has 0 bridgehead atoms. The summed E-state index contributed by atoms with van der Waals surface area (Å²) < 4.78 is 0. The lowest BCUT2D eigenvalue weighted by atomic mass is 9.64. The molecule has 268 valence electrons. The fourth-order valence-electron chi connectivity index (χ4n) is 6.97. The van der Waals surface area contributed by atoms with Gasteiger partial charge in [-0.15, -0.1) is 0 Å². The van der Waals surface area contributed by atoms with Crippen LogP contribution in [0, 0.1) is 56.2 Å². The standard InChI is InChI=1S/C13H26N2O.C12H24N2O.C12H22N2O/c1-12(2,3)9-10(13(4,5)6)14-7-8-15-11(9)16;1-11(2,3)8-9(12(4,5)6)13-7-14-10(8)15;1-11(2,3)8-7-13-14-10(15)9(8)12(4,5)6/h9-10,14H,7-8H2,1-6H3,(H,15,16);8-9,13H,7H2,1-6H3,(H,14,15);7-9H,1-6H3,(H,14,15). The number of rotatable bonds is 0. The second-order valence-corrected chi connectivity index (χ2v) is 20.0. The first-order valence-corrected chi connectivity index (χ1v) is 17.3. The molecule has 2 saturated heterocycles. The second kappa shape index (κ2) is 15.0. The van der Waals surface area contributed by atoms with Gasteiger partial charge in [-0.25, -0.2) is 5.43 Å². The normalized spacial score (nSPS) is 28.3. The molecule has 0 radical (unpaired) electrons. The van der Waals surface area contributed by atoms with Crippen molar-refractivity contribution in [3.63, 3.8) is 0 Å². The Morgan fingerprint density at radius 2 is 0.913 bits per heavy atom. The van der Waals surface area contributed by atoms with Crippen molar-refractivity contribution in [3.8, 4) is 0 Å². The summed E-state index contributed by atoms with van der Waals surface area (Å²) in [6, 6.07) is 0.473. The Morgan fingerprint density at radius 3 is 1.28 bits per heavy atom. The van der Waals surface area contributed by atoms with Crippen LogP contribution in [0.4, 0.5) is 0 Å². The van der Waals surface area contributed by atoms with E-state index in [4.69, 9.17) is 0 Å². The first kappa shape index (κ1) is 42.0. The molecular formula is C37H72N6O3. The first-order valence-electron chi connectivity index (χ1n) is 17.3. The highest BCUT2D eigenvalue weighted by Gasteiger charge is 2.46. The van der Waals surface area contributed by atoms with Gasteiger partial charge in [-0.3, -0.25) is 19.7 Å². The summed E-state index contributed by atoms with van der Waals surface area (Å²) in [5.41, 5.74) is 2.79. The summed E-state index contributed by atoms with van der Waals surface area (Å²) in [6.45, 7) is 40.9. The number of hydrazone groups is 1. The molecule has 0 aromatic carbocycles. The topological polar surface area (TPSA) is 124 Å². The second-order valence-electron chi connectivity index (χ2n) is 20.0. The van der Waals surface area contributed by atoms with Crippen molar-refractivity contribution in [1.82, 2.24) is 26.7 Å². The van der Waals surface area contributed by atoms with Crippen molar-refractivity contribution in [2.45, 2.75) is 137 Å². The summed E-state index contributed by atoms with van der Waals surface area (Å²) in [6.07, 6.45) is 1.89. The van der Waals surface area contributed by atoms with Crippen LogP contribution in [0.5, 0.6) is 0 Å². The predicted octanol–water partition coefficient (Wildman–Crippen LogP) is 5.95. The summed E-state index contributed by atoms with van der Waals surface area (Å²) in [5, 5.41) is 16.8. The Labute approximate surface area is 282 Å². The number of nitrogens with zero attached hydrogens (tertiary/aromatic N) is 1. The third-order valence-corrected chi connectivity index (χ3v) is 9.32. The van der Waals surface area contributed by atoms with Gasteiger partial charge in [0.15, 0.2) is 0 Å². The predicted molar refractivity (Wildman–Crippen MR) is 192 cm³/mol. The molecule has 9 heteroatoms. The molecule has 0 spiro atoms. The van der Waals surface area contributed by atoms with Crippen LogP contribution < -0.4 is 26.7 Å². The fourth-order valence-corrected chi connectivity index (χ4v) is 6.97. The van der Waals surface area contributed by atoms with Crippen LogP contribution in [0.2, 0.25) is 0 Å². The minimum atomic E-state index is -0.0333. The maximum atomic E-state index is 12.2. The van der Waals surface area contributed by atoms with Crippen molar-refractivity contribution >= 4 is 23.9 Å². The van der Waals surface area contributed by atoms with Crippen molar-refractivity contribution in [2.75, 3.05) is 19.8 Å². The van der Waals surface area contributed by atoms with E-state index in [1.54, 1.807) is 0 Å². The highest BCUT2D eigenvalue weighted by Crippen LogP contribution is 2.42. The number of hydrogen-bond donors (Lipinski definition) is 5. The molecule has 6 unspecified atom stereocenters. The molecule has 3 heterocycles. The van der Waals surface area contributed by atoms with Crippen LogP contribution in [0.1, 0.15) is 125 Å². The van der Waals surface area contributed by atoms with E-state index in [-0.39, 0.29) is 86.0 Å². The fraction of sp³-hybridized carbons (Fsp3) is 0.892. The molecule has 3 amide bonds.